The maximum Gasteiger partial charge on any atom is 0.253 e. The minimum Gasteiger partial charge on any atom is -0.352 e. The van der Waals surface area contributed by atoms with Crippen LogP contribution in [0.1, 0.15) is 22.5 Å². The van der Waals surface area contributed by atoms with Crippen LogP contribution in [0.15, 0.2) is 42.5 Å². The molecule has 0 bridgehead atoms. The van der Waals surface area contributed by atoms with Crippen molar-refractivity contribution < 1.29 is 4.79 Å². The minimum absolute atomic E-state index is 0. The smallest absolute Gasteiger partial charge is 0.253 e. The minimum atomic E-state index is -0.0371. The Morgan fingerprint density at radius 3 is 2.48 bits per heavy atom. The Balaban J connectivity index is 0.00000182. The lowest BCUT2D eigenvalue weighted by Gasteiger charge is -2.27. The number of nitrogens with zero attached hydrogens (tertiary/aromatic N) is 2. The number of benzene rings is 1. The summed E-state index contributed by atoms with van der Waals surface area (Å²) in [4.78, 5) is 19.4. The molecule has 1 amide bonds. The SMILES string of the molecule is Cc1nc(-c2ccccc2)ccc1C(=O)NCCCN1CCNCC1.Cl.Cl. The summed E-state index contributed by atoms with van der Waals surface area (Å²) in [6.07, 6.45) is 0.973. The zero-order valence-corrected chi connectivity index (χ0v) is 17.2. The molecular formula is C20H28Cl2N4O. The fourth-order valence-corrected chi connectivity index (χ4v) is 3.11. The third-order valence-electron chi connectivity index (χ3n) is 4.55. The van der Waals surface area contributed by atoms with Crippen LogP contribution >= 0.6 is 24.8 Å². The van der Waals surface area contributed by atoms with Crippen molar-refractivity contribution >= 4 is 30.7 Å². The number of carbonyl (C=O) groups excluding carboxylic acids is 1. The molecule has 2 N–H and O–H groups in total. The number of amides is 1. The van der Waals surface area contributed by atoms with Crippen molar-refractivity contribution in [3.05, 3.63) is 53.7 Å². The number of pyridine rings is 1. The van der Waals surface area contributed by atoms with Crippen LogP contribution in [-0.2, 0) is 0 Å². The molecule has 0 unspecified atom stereocenters. The van der Waals surface area contributed by atoms with Crippen LogP contribution in [-0.4, -0.2) is 55.1 Å². The normalized spacial score (nSPS) is 14.0. The first kappa shape index (κ1) is 23.4. The van der Waals surface area contributed by atoms with Crippen molar-refractivity contribution in [1.29, 1.82) is 0 Å². The summed E-state index contributed by atoms with van der Waals surface area (Å²) in [5.74, 6) is -0.0371. The van der Waals surface area contributed by atoms with E-state index in [-0.39, 0.29) is 30.7 Å². The second-order valence-corrected chi connectivity index (χ2v) is 6.40. The molecule has 0 atom stereocenters. The summed E-state index contributed by atoms with van der Waals surface area (Å²) in [6.45, 7) is 7.93. The largest absolute Gasteiger partial charge is 0.352 e. The van der Waals surface area contributed by atoms with Crippen molar-refractivity contribution in [2.45, 2.75) is 13.3 Å². The van der Waals surface area contributed by atoms with E-state index in [0.717, 1.165) is 56.1 Å². The van der Waals surface area contributed by atoms with E-state index in [1.165, 1.54) is 0 Å². The van der Waals surface area contributed by atoms with Gasteiger partial charge in [-0.25, -0.2) is 0 Å². The molecule has 0 radical (unpaired) electrons. The highest BCUT2D eigenvalue weighted by Crippen LogP contribution is 2.18. The third kappa shape index (κ3) is 6.78. The summed E-state index contributed by atoms with van der Waals surface area (Å²) >= 11 is 0. The predicted molar refractivity (Wildman–Crippen MR) is 115 cm³/mol. The highest BCUT2D eigenvalue weighted by molar-refractivity contribution is 5.95. The summed E-state index contributed by atoms with van der Waals surface area (Å²) in [5, 5.41) is 6.37. The van der Waals surface area contributed by atoms with Crippen molar-refractivity contribution in [2.75, 3.05) is 39.3 Å². The third-order valence-corrected chi connectivity index (χ3v) is 4.55. The van der Waals surface area contributed by atoms with E-state index in [2.05, 4.69) is 20.5 Å². The predicted octanol–water partition coefficient (Wildman–Crippen LogP) is 2.93. The van der Waals surface area contributed by atoms with Gasteiger partial charge in [-0.1, -0.05) is 30.3 Å². The standard InChI is InChI=1S/C20H26N4O.2ClH/c1-16-18(8-9-19(23-16)17-6-3-2-4-7-17)20(25)22-10-5-13-24-14-11-21-12-15-24;;/h2-4,6-9,21H,5,10-15H2,1H3,(H,22,25);2*1H. The van der Waals surface area contributed by atoms with E-state index < -0.39 is 0 Å². The molecule has 1 aliphatic heterocycles. The first-order valence-corrected chi connectivity index (χ1v) is 8.98. The van der Waals surface area contributed by atoms with E-state index in [1.807, 2.05) is 49.4 Å². The number of aryl methyl sites for hydroxylation is 1. The van der Waals surface area contributed by atoms with Crippen molar-refractivity contribution in [3.8, 4) is 11.3 Å². The van der Waals surface area contributed by atoms with E-state index in [4.69, 9.17) is 0 Å². The van der Waals surface area contributed by atoms with Gasteiger partial charge in [0.15, 0.2) is 0 Å². The first-order chi connectivity index (χ1) is 12.2. The Kier molecular flexibility index (Phi) is 10.3. The number of piperazine rings is 1. The first-order valence-electron chi connectivity index (χ1n) is 8.98. The second-order valence-electron chi connectivity index (χ2n) is 6.40. The molecule has 3 rings (SSSR count). The van der Waals surface area contributed by atoms with Crippen LogP contribution in [0.25, 0.3) is 11.3 Å². The molecule has 7 heteroatoms. The topological polar surface area (TPSA) is 57.3 Å². The van der Waals surface area contributed by atoms with Gasteiger partial charge in [0.2, 0.25) is 0 Å². The summed E-state index contributed by atoms with van der Waals surface area (Å²) in [6, 6.07) is 13.8. The van der Waals surface area contributed by atoms with Crippen molar-refractivity contribution in [1.82, 2.24) is 20.5 Å². The van der Waals surface area contributed by atoms with Gasteiger partial charge in [-0.15, -0.1) is 24.8 Å². The van der Waals surface area contributed by atoms with Gasteiger partial charge >= 0.3 is 0 Å². The van der Waals surface area contributed by atoms with Crippen LogP contribution in [0.5, 0.6) is 0 Å². The van der Waals surface area contributed by atoms with Crippen LogP contribution in [0.2, 0.25) is 0 Å². The molecule has 0 saturated carbocycles. The highest BCUT2D eigenvalue weighted by Gasteiger charge is 2.12. The van der Waals surface area contributed by atoms with Gasteiger partial charge in [0.25, 0.3) is 5.91 Å². The lowest BCUT2D eigenvalue weighted by atomic mass is 10.1. The molecule has 2 aromatic rings. The average molecular weight is 411 g/mol. The maximum atomic E-state index is 12.4. The van der Waals surface area contributed by atoms with E-state index >= 15 is 0 Å². The molecular weight excluding hydrogens is 383 g/mol. The Bertz CT molecular complexity index is 706. The van der Waals surface area contributed by atoms with Gasteiger partial charge in [-0.3, -0.25) is 9.78 Å². The van der Waals surface area contributed by atoms with E-state index in [0.29, 0.717) is 12.1 Å². The molecule has 0 spiro atoms. The fraction of sp³-hybridized carbons (Fsp3) is 0.400. The number of nitrogens with one attached hydrogen (secondary N) is 2. The molecule has 0 aliphatic carbocycles. The molecule has 27 heavy (non-hydrogen) atoms. The van der Waals surface area contributed by atoms with Crippen LogP contribution in [0.3, 0.4) is 0 Å². The van der Waals surface area contributed by atoms with E-state index in [9.17, 15) is 4.79 Å². The van der Waals surface area contributed by atoms with Crippen LogP contribution in [0.4, 0.5) is 0 Å². The Hall–Kier alpha value is -1.66. The number of aromatic nitrogens is 1. The number of halogens is 2. The molecule has 1 aliphatic rings. The van der Waals surface area contributed by atoms with Crippen LogP contribution < -0.4 is 10.6 Å². The maximum absolute atomic E-state index is 12.4. The quantitative estimate of drug-likeness (QED) is 0.718. The molecule has 1 aromatic heterocycles. The zero-order chi connectivity index (χ0) is 17.5. The molecule has 2 heterocycles. The monoisotopic (exact) mass is 410 g/mol. The molecule has 1 saturated heterocycles. The Labute approximate surface area is 173 Å². The van der Waals surface area contributed by atoms with Crippen molar-refractivity contribution in [3.63, 3.8) is 0 Å². The van der Waals surface area contributed by atoms with Gasteiger partial charge < -0.3 is 15.5 Å². The summed E-state index contributed by atoms with van der Waals surface area (Å²) in [7, 11) is 0. The number of hydrogen-bond donors (Lipinski definition) is 2. The van der Waals surface area contributed by atoms with Crippen molar-refractivity contribution in [2.24, 2.45) is 0 Å². The van der Waals surface area contributed by atoms with Gasteiger partial charge in [-0.05, 0) is 32.0 Å². The molecule has 148 valence electrons. The van der Waals surface area contributed by atoms with E-state index in [1.54, 1.807) is 0 Å². The fourth-order valence-electron chi connectivity index (χ4n) is 3.11. The lowest BCUT2D eigenvalue weighted by Crippen LogP contribution is -2.44. The lowest BCUT2D eigenvalue weighted by molar-refractivity contribution is 0.0950. The van der Waals surface area contributed by atoms with Gasteiger partial charge in [0.1, 0.15) is 0 Å². The Morgan fingerprint density at radius 2 is 1.81 bits per heavy atom. The second kappa shape index (κ2) is 11.9. The number of hydrogen-bond acceptors (Lipinski definition) is 4. The summed E-state index contributed by atoms with van der Waals surface area (Å²) < 4.78 is 0. The average Bonchev–Trinajstić information content (AvgIpc) is 2.66. The Morgan fingerprint density at radius 1 is 1.11 bits per heavy atom. The highest BCUT2D eigenvalue weighted by atomic mass is 35.5. The number of carbonyl (C=O) groups is 1. The molecule has 1 aromatic carbocycles. The zero-order valence-electron chi connectivity index (χ0n) is 15.6. The van der Waals surface area contributed by atoms with Gasteiger partial charge in [0.05, 0.1) is 17.0 Å². The molecule has 1 fully saturated rings. The molecule has 5 nitrogen and oxygen atoms in total. The number of rotatable bonds is 6. The van der Waals surface area contributed by atoms with Gasteiger partial charge in [-0.2, -0.15) is 0 Å². The van der Waals surface area contributed by atoms with Crippen LogP contribution in [0, 0.1) is 6.92 Å². The van der Waals surface area contributed by atoms with Gasteiger partial charge in [0, 0.05) is 38.3 Å². The summed E-state index contributed by atoms with van der Waals surface area (Å²) in [5.41, 5.74) is 3.38.